The molecule has 0 unspecified atom stereocenters. The SMILES string of the molecule is COc1ccc(OCC(=O)c2ccc(Cl)cc2)cc1. The van der Waals surface area contributed by atoms with E-state index in [2.05, 4.69) is 0 Å². The molecular formula is C15H13ClO3. The van der Waals surface area contributed by atoms with E-state index < -0.39 is 0 Å². The average Bonchev–Trinajstić information content (AvgIpc) is 2.46. The van der Waals surface area contributed by atoms with Gasteiger partial charge in [-0.05, 0) is 48.5 Å². The van der Waals surface area contributed by atoms with Gasteiger partial charge in [-0.2, -0.15) is 0 Å². The van der Waals surface area contributed by atoms with Crippen LogP contribution in [0, 0.1) is 0 Å². The standard InChI is InChI=1S/C15H13ClO3/c1-18-13-6-8-14(9-7-13)19-10-15(17)11-2-4-12(16)5-3-11/h2-9H,10H2,1H3. The number of rotatable bonds is 5. The van der Waals surface area contributed by atoms with E-state index in [4.69, 9.17) is 21.1 Å². The van der Waals surface area contributed by atoms with Gasteiger partial charge in [-0.3, -0.25) is 4.79 Å². The number of ether oxygens (including phenoxy) is 2. The van der Waals surface area contributed by atoms with Crippen molar-refractivity contribution in [1.29, 1.82) is 0 Å². The number of ketones is 1. The van der Waals surface area contributed by atoms with Crippen LogP contribution < -0.4 is 9.47 Å². The van der Waals surface area contributed by atoms with Gasteiger partial charge in [-0.25, -0.2) is 0 Å². The van der Waals surface area contributed by atoms with Crippen molar-refractivity contribution in [2.24, 2.45) is 0 Å². The first-order valence-corrected chi connectivity index (χ1v) is 6.12. The molecule has 0 heterocycles. The molecule has 0 amide bonds. The highest BCUT2D eigenvalue weighted by Crippen LogP contribution is 2.17. The molecule has 0 saturated heterocycles. The molecule has 0 atom stereocenters. The van der Waals surface area contributed by atoms with Crippen LogP contribution in [0.2, 0.25) is 5.02 Å². The first-order chi connectivity index (χ1) is 9.19. The Morgan fingerprint density at radius 3 is 2.16 bits per heavy atom. The molecule has 0 aliphatic carbocycles. The lowest BCUT2D eigenvalue weighted by Gasteiger charge is -2.06. The fourth-order valence-corrected chi connectivity index (χ4v) is 1.67. The molecule has 0 fully saturated rings. The summed E-state index contributed by atoms with van der Waals surface area (Å²) in [6.07, 6.45) is 0. The number of methoxy groups -OCH3 is 1. The summed E-state index contributed by atoms with van der Waals surface area (Å²) in [4.78, 5) is 11.9. The van der Waals surface area contributed by atoms with Crippen LogP contribution in [-0.4, -0.2) is 19.5 Å². The van der Waals surface area contributed by atoms with Gasteiger partial charge < -0.3 is 9.47 Å². The zero-order valence-corrected chi connectivity index (χ0v) is 11.2. The van der Waals surface area contributed by atoms with Crippen molar-refractivity contribution < 1.29 is 14.3 Å². The fraction of sp³-hybridized carbons (Fsp3) is 0.133. The quantitative estimate of drug-likeness (QED) is 0.783. The van der Waals surface area contributed by atoms with Crippen molar-refractivity contribution in [2.45, 2.75) is 0 Å². The predicted octanol–water partition coefficient (Wildman–Crippen LogP) is 3.61. The second kappa shape index (κ2) is 6.25. The van der Waals surface area contributed by atoms with E-state index in [-0.39, 0.29) is 12.4 Å². The fourth-order valence-electron chi connectivity index (χ4n) is 1.54. The van der Waals surface area contributed by atoms with Crippen LogP contribution >= 0.6 is 11.6 Å². The number of hydrogen-bond donors (Lipinski definition) is 0. The lowest BCUT2D eigenvalue weighted by molar-refractivity contribution is 0.0921. The van der Waals surface area contributed by atoms with E-state index in [1.54, 1.807) is 55.6 Å². The van der Waals surface area contributed by atoms with Crippen LogP contribution in [0.25, 0.3) is 0 Å². The normalized spacial score (nSPS) is 10.0. The Labute approximate surface area is 116 Å². The molecule has 0 saturated carbocycles. The Balaban J connectivity index is 1.94. The van der Waals surface area contributed by atoms with Crippen molar-refractivity contribution >= 4 is 17.4 Å². The maximum Gasteiger partial charge on any atom is 0.200 e. The number of Topliss-reactive ketones (excluding diaryl/α,β-unsaturated/α-hetero) is 1. The Hall–Kier alpha value is -2.00. The van der Waals surface area contributed by atoms with Crippen LogP contribution in [-0.2, 0) is 0 Å². The molecule has 0 N–H and O–H groups in total. The minimum Gasteiger partial charge on any atom is -0.497 e. The van der Waals surface area contributed by atoms with Gasteiger partial charge in [0.2, 0.25) is 0 Å². The average molecular weight is 277 g/mol. The minimum atomic E-state index is -0.0903. The minimum absolute atomic E-state index is 0.00599. The van der Waals surface area contributed by atoms with Gasteiger partial charge in [-0.1, -0.05) is 11.6 Å². The molecule has 0 spiro atoms. The second-order valence-electron chi connectivity index (χ2n) is 3.89. The maximum absolute atomic E-state index is 11.9. The van der Waals surface area contributed by atoms with E-state index in [1.165, 1.54) is 0 Å². The van der Waals surface area contributed by atoms with Gasteiger partial charge in [0.25, 0.3) is 0 Å². The summed E-state index contributed by atoms with van der Waals surface area (Å²) in [5.41, 5.74) is 0.581. The van der Waals surface area contributed by atoms with Crippen LogP contribution in [0.4, 0.5) is 0 Å². The summed E-state index contributed by atoms with van der Waals surface area (Å²) in [6.45, 7) is -0.00599. The monoisotopic (exact) mass is 276 g/mol. The molecule has 3 nitrogen and oxygen atoms in total. The molecule has 2 rings (SSSR count). The van der Waals surface area contributed by atoms with Crippen LogP contribution in [0.15, 0.2) is 48.5 Å². The predicted molar refractivity (Wildman–Crippen MR) is 74.3 cm³/mol. The van der Waals surface area contributed by atoms with E-state index in [0.717, 1.165) is 5.75 Å². The van der Waals surface area contributed by atoms with Crippen molar-refractivity contribution in [3.05, 3.63) is 59.1 Å². The van der Waals surface area contributed by atoms with Crippen molar-refractivity contribution in [3.8, 4) is 11.5 Å². The molecular weight excluding hydrogens is 264 g/mol. The van der Waals surface area contributed by atoms with Gasteiger partial charge >= 0.3 is 0 Å². The van der Waals surface area contributed by atoms with Gasteiger partial charge in [0, 0.05) is 10.6 Å². The molecule has 0 radical (unpaired) electrons. The molecule has 19 heavy (non-hydrogen) atoms. The third-order valence-electron chi connectivity index (χ3n) is 2.60. The summed E-state index contributed by atoms with van der Waals surface area (Å²) in [6, 6.07) is 13.8. The van der Waals surface area contributed by atoms with Gasteiger partial charge in [0.15, 0.2) is 12.4 Å². The highest BCUT2D eigenvalue weighted by Gasteiger charge is 2.06. The lowest BCUT2D eigenvalue weighted by Crippen LogP contribution is -2.11. The van der Waals surface area contributed by atoms with Crippen LogP contribution in [0.5, 0.6) is 11.5 Å². The highest BCUT2D eigenvalue weighted by atomic mass is 35.5. The number of carbonyl (C=O) groups excluding carboxylic acids is 1. The third-order valence-corrected chi connectivity index (χ3v) is 2.85. The summed E-state index contributed by atoms with van der Waals surface area (Å²) in [5.74, 6) is 1.28. The number of halogens is 1. The summed E-state index contributed by atoms with van der Waals surface area (Å²) >= 11 is 5.76. The molecule has 0 aromatic heterocycles. The van der Waals surface area contributed by atoms with E-state index >= 15 is 0 Å². The first-order valence-electron chi connectivity index (χ1n) is 5.74. The van der Waals surface area contributed by atoms with Gasteiger partial charge in [0.05, 0.1) is 7.11 Å². The third kappa shape index (κ3) is 3.73. The lowest BCUT2D eigenvalue weighted by atomic mass is 10.1. The van der Waals surface area contributed by atoms with E-state index in [9.17, 15) is 4.79 Å². The molecule has 2 aromatic rings. The molecule has 0 aliphatic heterocycles. The van der Waals surface area contributed by atoms with Gasteiger partial charge in [-0.15, -0.1) is 0 Å². The summed E-state index contributed by atoms with van der Waals surface area (Å²) in [7, 11) is 1.60. The number of carbonyl (C=O) groups is 1. The van der Waals surface area contributed by atoms with Crippen molar-refractivity contribution in [2.75, 3.05) is 13.7 Å². The summed E-state index contributed by atoms with van der Waals surface area (Å²) in [5, 5.41) is 0.604. The molecule has 0 bridgehead atoms. The topological polar surface area (TPSA) is 35.5 Å². The zero-order chi connectivity index (χ0) is 13.7. The molecule has 0 aliphatic rings. The molecule has 4 heteroatoms. The van der Waals surface area contributed by atoms with Crippen molar-refractivity contribution in [1.82, 2.24) is 0 Å². The number of benzene rings is 2. The van der Waals surface area contributed by atoms with Gasteiger partial charge in [0.1, 0.15) is 11.5 Å². The number of hydrogen-bond acceptors (Lipinski definition) is 3. The highest BCUT2D eigenvalue weighted by molar-refractivity contribution is 6.30. The summed E-state index contributed by atoms with van der Waals surface area (Å²) < 4.78 is 10.5. The zero-order valence-electron chi connectivity index (χ0n) is 10.4. The van der Waals surface area contributed by atoms with E-state index in [0.29, 0.717) is 16.3 Å². The van der Waals surface area contributed by atoms with Crippen LogP contribution in [0.3, 0.4) is 0 Å². The smallest absolute Gasteiger partial charge is 0.200 e. The van der Waals surface area contributed by atoms with Crippen molar-refractivity contribution in [3.63, 3.8) is 0 Å². The largest absolute Gasteiger partial charge is 0.497 e. The second-order valence-corrected chi connectivity index (χ2v) is 4.33. The molecule has 2 aromatic carbocycles. The Morgan fingerprint density at radius 2 is 1.58 bits per heavy atom. The Kier molecular flexibility index (Phi) is 4.42. The maximum atomic E-state index is 11.9. The first kappa shape index (κ1) is 13.4. The van der Waals surface area contributed by atoms with E-state index in [1.807, 2.05) is 0 Å². The Morgan fingerprint density at radius 1 is 1.00 bits per heavy atom. The molecule has 98 valence electrons. The Bertz CT molecular complexity index is 547. The van der Waals surface area contributed by atoms with Crippen LogP contribution in [0.1, 0.15) is 10.4 Å².